The van der Waals surface area contributed by atoms with Crippen molar-refractivity contribution in [3.8, 4) is 22.3 Å². The zero-order valence-electron chi connectivity index (χ0n) is 69.5. The number of anilines is 6. The van der Waals surface area contributed by atoms with Crippen LogP contribution < -0.4 is 9.80 Å². The van der Waals surface area contributed by atoms with Gasteiger partial charge in [0.1, 0.15) is 0 Å². The van der Waals surface area contributed by atoms with Crippen molar-refractivity contribution >= 4 is 34.1 Å². The van der Waals surface area contributed by atoms with Gasteiger partial charge in [0.2, 0.25) is 0 Å². The Morgan fingerprint density at radius 1 is 0.245 bits per heavy atom. The molecule has 570 valence electrons. The molecule has 0 bridgehead atoms. The van der Waals surface area contributed by atoms with Crippen LogP contribution in [0.3, 0.4) is 0 Å². The molecule has 15 rings (SSSR count). The number of unbranched alkanes of at least 4 members (excludes halogenated alkanes) is 16. The van der Waals surface area contributed by atoms with E-state index in [4.69, 9.17) is 0 Å². The van der Waals surface area contributed by atoms with Gasteiger partial charge in [-0.25, -0.2) is 0 Å². The Kier molecular flexibility index (Phi) is 26.5. The molecule has 0 radical (unpaired) electrons. The van der Waals surface area contributed by atoms with Crippen LogP contribution in [0.25, 0.3) is 22.3 Å². The average Bonchev–Trinajstić information content (AvgIpc) is 1.52. The normalized spacial score (nSPS) is 13.4. The van der Waals surface area contributed by atoms with Crippen LogP contribution in [0.1, 0.15) is 280 Å². The summed E-state index contributed by atoms with van der Waals surface area (Å²) in [5.41, 5.74) is 41.5. The van der Waals surface area contributed by atoms with Crippen molar-refractivity contribution in [2.45, 2.75) is 274 Å². The van der Waals surface area contributed by atoms with Crippen molar-refractivity contribution in [3.63, 3.8) is 0 Å². The summed E-state index contributed by atoms with van der Waals surface area (Å²) in [6, 6.07) is 84.8. The maximum atomic E-state index is 2.60. The lowest BCUT2D eigenvalue weighted by Gasteiger charge is -2.37. The van der Waals surface area contributed by atoms with Crippen molar-refractivity contribution < 1.29 is 0 Å². The largest absolute Gasteiger partial charge is 0.310 e. The number of nitrogens with zero attached hydrogens (tertiary/aromatic N) is 2. The Morgan fingerprint density at radius 3 is 0.864 bits per heavy atom. The van der Waals surface area contributed by atoms with E-state index in [2.05, 4.69) is 311 Å². The first-order chi connectivity index (χ1) is 53.6. The minimum atomic E-state index is -0.238. The fraction of sp³-hybridized carbons (Fsp3) is 0.389. The highest BCUT2D eigenvalue weighted by Gasteiger charge is 2.48. The number of fused-ring (bicyclic) bond motifs is 8. The van der Waals surface area contributed by atoms with Crippen LogP contribution in [0.4, 0.5) is 34.1 Å². The Balaban J connectivity index is 0.000000171. The van der Waals surface area contributed by atoms with Crippen LogP contribution in [-0.4, -0.2) is 0 Å². The molecule has 4 aliphatic rings. The lowest BCUT2D eigenvalue weighted by Crippen LogP contribution is -2.30. The van der Waals surface area contributed by atoms with E-state index >= 15 is 0 Å². The average molecular weight is 1450 g/mol. The number of rotatable bonds is 32. The summed E-state index contributed by atoms with van der Waals surface area (Å²) in [6.07, 6.45) is 36.3. The Morgan fingerprint density at radius 2 is 0.536 bits per heavy atom. The fourth-order valence-electron chi connectivity index (χ4n) is 18.7. The summed E-state index contributed by atoms with van der Waals surface area (Å²) in [7, 11) is 0. The number of hydrogen-bond acceptors (Lipinski definition) is 2. The second kappa shape index (κ2) is 36.9. The molecule has 4 aliphatic carbocycles. The molecule has 0 N–H and O–H groups in total. The third-order valence-electron chi connectivity index (χ3n) is 25.4. The summed E-state index contributed by atoms with van der Waals surface area (Å²) in [5, 5.41) is 0. The zero-order chi connectivity index (χ0) is 76.7. The number of aryl methyl sites for hydroxylation is 14. The van der Waals surface area contributed by atoms with Gasteiger partial charge in [-0.1, -0.05) is 322 Å². The van der Waals surface area contributed by atoms with Crippen molar-refractivity contribution in [1.82, 2.24) is 0 Å². The van der Waals surface area contributed by atoms with Gasteiger partial charge < -0.3 is 9.80 Å². The predicted octanol–water partition coefficient (Wildman–Crippen LogP) is 31.0. The number of benzene rings is 11. The van der Waals surface area contributed by atoms with Crippen LogP contribution in [0.15, 0.2) is 218 Å². The lowest BCUT2D eigenvalue weighted by atomic mass is 9.65. The molecule has 2 heteroatoms. The van der Waals surface area contributed by atoms with E-state index < -0.39 is 0 Å². The summed E-state index contributed by atoms with van der Waals surface area (Å²) < 4.78 is 0. The van der Waals surface area contributed by atoms with Gasteiger partial charge in [-0.05, 0) is 293 Å². The second-order valence-electron chi connectivity index (χ2n) is 33.7. The monoisotopic (exact) mass is 1450 g/mol. The molecule has 2 nitrogen and oxygen atoms in total. The Bertz CT molecular complexity index is 4470. The molecule has 0 saturated carbocycles. The highest BCUT2D eigenvalue weighted by molar-refractivity contribution is 5.90. The summed E-state index contributed by atoms with van der Waals surface area (Å²) in [6.45, 7) is 27.0. The summed E-state index contributed by atoms with van der Waals surface area (Å²) in [4.78, 5) is 4.95. The molecular weight excluding hydrogens is 1330 g/mol. The molecular formula is C108H128N2. The number of hydrogen-bond donors (Lipinski definition) is 0. The summed E-state index contributed by atoms with van der Waals surface area (Å²) in [5.74, 6) is 0. The molecule has 110 heavy (non-hydrogen) atoms. The van der Waals surface area contributed by atoms with Crippen molar-refractivity contribution in [3.05, 3.63) is 330 Å². The first-order valence-corrected chi connectivity index (χ1v) is 43.4. The van der Waals surface area contributed by atoms with E-state index in [1.165, 1.54) is 336 Å². The molecule has 0 fully saturated rings. The third-order valence-corrected chi connectivity index (χ3v) is 25.4. The van der Waals surface area contributed by atoms with Gasteiger partial charge >= 0.3 is 0 Å². The Hall–Kier alpha value is -8.98. The van der Waals surface area contributed by atoms with Crippen molar-refractivity contribution in [2.24, 2.45) is 0 Å². The highest BCUT2D eigenvalue weighted by atomic mass is 15.1. The predicted molar refractivity (Wildman–Crippen MR) is 477 cm³/mol. The molecule has 0 saturated heterocycles. The quantitative estimate of drug-likeness (QED) is 0.0388. The van der Waals surface area contributed by atoms with Crippen LogP contribution in [0.5, 0.6) is 0 Å². The van der Waals surface area contributed by atoms with E-state index in [-0.39, 0.29) is 10.8 Å². The van der Waals surface area contributed by atoms with Gasteiger partial charge in [0.25, 0.3) is 0 Å². The molecule has 0 atom stereocenters. The zero-order valence-corrected chi connectivity index (χ0v) is 69.5. The molecule has 0 aromatic heterocycles. The minimum Gasteiger partial charge on any atom is -0.310 e. The standard InChI is InChI=1S/C57H68N2.C31H26.C20H34/c1-7-9-11-13-15-17-39-57(40-18-16-14-12-10-8-2)55-41-51(58(47-27-19-43(3)20-28-47)48-29-21-44(4)22-30-48)35-37-53(55)54-38-36-52(42-56(54)57)59(49-31-23-45(5)24-32-49)50-33-25-46(6)26-34-50;1-19-3-13-27-28-14-4-20(2)16-30(28)31(29(27)15-19,25-11-9-21-5-7-23(21)17-25)26-12-10-22-6-8-24(22)18-26;1-5-7-9-11-13-19-15-18(4)20(16-17(19)3)14-12-10-8-6-2/h19-38,41-42H,7-18,39-40H2,1-6H3;3-4,9-18H,5-8H2,1-2H3;15-16H,5-14H2,1-4H3. The maximum absolute atomic E-state index is 2.60. The molecule has 0 aliphatic heterocycles. The third kappa shape index (κ3) is 17.5. The molecule has 11 aromatic rings. The lowest BCUT2D eigenvalue weighted by molar-refractivity contribution is 0.398. The second-order valence-corrected chi connectivity index (χ2v) is 33.7. The smallest absolute Gasteiger partial charge is 0.0713 e. The van der Waals surface area contributed by atoms with Gasteiger partial charge in [-0.3, -0.25) is 0 Å². The first kappa shape index (κ1) is 79.1. The fourth-order valence-corrected chi connectivity index (χ4v) is 18.7. The molecule has 0 amide bonds. The summed E-state index contributed by atoms with van der Waals surface area (Å²) >= 11 is 0. The van der Waals surface area contributed by atoms with Gasteiger partial charge in [-0.15, -0.1) is 0 Å². The van der Waals surface area contributed by atoms with Gasteiger partial charge in [-0.2, -0.15) is 0 Å². The highest BCUT2D eigenvalue weighted by Crippen LogP contribution is 2.59. The van der Waals surface area contributed by atoms with E-state index in [0.717, 1.165) is 0 Å². The van der Waals surface area contributed by atoms with E-state index in [0.29, 0.717) is 0 Å². The molecule has 0 unspecified atom stereocenters. The van der Waals surface area contributed by atoms with Crippen LogP contribution in [0, 0.1) is 55.4 Å². The van der Waals surface area contributed by atoms with E-state index in [1.807, 2.05) is 0 Å². The van der Waals surface area contributed by atoms with Crippen molar-refractivity contribution in [2.75, 3.05) is 9.80 Å². The van der Waals surface area contributed by atoms with Gasteiger partial charge in [0, 0.05) is 39.5 Å². The van der Waals surface area contributed by atoms with Crippen LogP contribution in [-0.2, 0) is 49.4 Å². The van der Waals surface area contributed by atoms with Crippen molar-refractivity contribution in [1.29, 1.82) is 0 Å². The molecule has 0 heterocycles. The first-order valence-electron chi connectivity index (χ1n) is 43.4. The topological polar surface area (TPSA) is 6.48 Å². The van der Waals surface area contributed by atoms with E-state index in [9.17, 15) is 0 Å². The molecule has 0 spiro atoms. The van der Waals surface area contributed by atoms with E-state index in [1.54, 1.807) is 11.1 Å². The van der Waals surface area contributed by atoms with Gasteiger partial charge in [0.15, 0.2) is 0 Å². The SMILES string of the molecule is CCCCCCCCC1(CCCCCCCC)c2cc(N(c3ccc(C)cc3)c3ccc(C)cc3)ccc2-c2ccc(N(c3ccc(C)cc3)c3ccc(C)cc3)cc21.CCCCCCc1cc(C)c(CCCCCC)cc1C.Cc1ccc2c(c1)C(c1ccc3c(c1)CC3)(c1ccc3c(c1)CC3)c1cc(C)ccc1-2. The Labute approximate surface area is 665 Å². The van der Waals surface area contributed by atoms with Crippen LogP contribution in [0.2, 0.25) is 0 Å². The van der Waals surface area contributed by atoms with Crippen LogP contribution >= 0.6 is 0 Å². The van der Waals surface area contributed by atoms with Gasteiger partial charge in [0.05, 0.1) is 5.41 Å². The minimum absolute atomic E-state index is 0.0787. The molecule has 11 aromatic carbocycles. The maximum Gasteiger partial charge on any atom is 0.0713 e.